The van der Waals surface area contributed by atoms with E-state index in [9.17, 15) is 9.90 Å². The normalized spacial score (nSPS) is 19.0. The summed E-state index contributed by atoms with van der Waals surface area (Å²) in [5, 5.41) is 18.2. The minimum atomic E-state index is -0.944. The summed E-state index contributed by atoms with van der Waals surface area (Å²) in [6.07, 6.45) is -0.314. The highest BCUT2D eigenvalue weighted by Gasteiger charge is 2.37. The van der Waals surface area contributed by atoms with E-state index in [1.165, 1.54) is 13.8 Å². The molecule has 3 nitrogen and oxygen atoms in total. The minimum Gasteiger partial charge on any atom is -0.395 e. The van der Waals surface area contributed by atoms with Gasteiger partial charge in [0.05, 0.1) is 18.1 Å². The lowest BCUT2D eigenvalue weighted by Crippen LogP contribution is -2.42. The first kappa shape index (κ1) is 10.6. The number of hydrogen-bond donors (Lipinski definition) is 2. The van der Waals surface area contributed by atoms with Crippen LogP contribution in [0.2, 0.25) is 0 Å². The molecule has 3 heteroatoms. The van der Waals surface area contributed by atoms with Crippen molar-refractivity contribution in [1.82, 2.24) is 0 Å². The van der Waals surface area contributed by atoms with Crippen molar-refractivity contribution in [1.29, 1.82) is 0 Å². The van der Waals surface area contributed by atoms with Crippen LogP contribution in [-0.4, -0.2) is 28.7 Å². The number of hydrogen-bond acceptors (Lipinski definition) is 3. The Balaban J connectivity index is 4.61. The summed E-state index contributed by atoms with van der Waals surface area (Å²) in [6, 6.07) is 0. The molecule has 2 unspecified atom stereocenters. The molecule has 11 heavy (non-hydrogen) atoms. The summed E-state index contributed by atoms with van der Waals surface area (Å²) in [4.78, 5) is 11.0. The Bertz CT molecular complexity index is 136. The van der Waals surface area contributed by atoms with Crippen molar-refractivity contribution < 1.29 is 15.0 Å². The highest BCUT2D eigenvalue weighted by atomic mass is 16.3. The van der Waals surface area contributed by atoms with Crippen LogP contribution in [-0.2, 0) is 4.79 Å². The van der Waals surface area contributed by atoms with E-state index >= 15 is 0 Å². The van der Waals surface area contributed by atoms with Gasteiger partial charge in [0, 0.05) is 0 Å². The molecule has 0 heterocycles. The van der Waals surface area contributed by atoms with Crippen LogP contribution in [0.15, 0.2) is 0 Å². The van der Waals surface area contributed by atoms with Crippen molar-refractivity contribution in [2.24, 2.45) is 5.41 Å². The number of aliphatic hydroxyl groups is 2. The van der Waals surface area contributed by atoms with Crippen LogP contribution >= 0.6 is 0 Å². The van der Waals surface area contributed by atoms with Crippen molar-refractivity contribution in [2.75, 3.05) is 6.61 Å². The number of aliphatic hydroxyl groups excluding tert-OH is 2. The first-order valence-electron chi connectivity index (χ1n) is 3.81. The molecule has 0 aromatic heterocycles. The Morgan fingerprint density at radius 1 is 1.64 bits per heavy atom. The summed E-state index contributed by atoms with van der Waals surface area (Å²) in [7, 11) is 0. The Hall–Kier alpha value is -0.410. The molecule has 0 saturated heterocycles. The van der Waals surface area contributed by atoms with Crippen molar-refractivity contribution in [3.05, 3.63) is 0 Å². The zero-order valence-electron chi connectivity index (χ0n) is 7.29. The Morgan fingerprint density at radius 2 is 2.09 bits per heavy atom. The lowest BCUT2D eigenvalue weighted by atomic mass is 9.77. The number of carbonyl (C=O) groups excluding carboxylic acids is 1. The van der Waals surface area contributed by atoms with Crippen LogP contribution in [0.4, 0.5) is 0 Å². The molecule has 0 fully saturated rings. The molecule has 0 saturated carbocycles. The Morgan fingerprint density at radius 3 is 2.09 bits per heavy atom. The molecule has 0 amide bonds. The lowest BCUT2D eigenvalue weighted by Gasteiger charge is -2.30. The predicted molar refractivity (Wildman–Crippen MR) is 42.2 cm³/mol. The molecular weight excluding hydrogens is 144 g/mol. The maximum Gasteiger partial charge on any atom is 0.140 e. The molecule has 0 aromatic rings. The molecule has 0 bridgehead atoms. The molecule has 0 aliphatic carbocycles. The monoisotopic (exact) mass is 160 g/mol. The van der Waals surface area contributed by atoms with Crippen LogP contribution in [0.5, 0.6) is 0 Å². The molecular formula is C8H16O3. The molecule has 2 N–H and O–H groups in total. The second-order valence-corrected chi connectivity index (χ2v) is 2.90. The van der Waals surface area contributed by atoms with Crippen molar-refractivity contribution in [3.8, 4) is 0 Å². The van der Waals surface area contributed by atoms with Gasteiger partial charge in [-0.05, 0) is 20.3 Å². The van der Waals surface area contributed by atoms with E-state index in [0.717, 1.165) is 0 Å². The van der Waals surface area contributed by atoms with Gasteiger partial charge in [-0.2, -0.15) is 0 Å². The summed E-state index contributed by atoms with van der Waals surface area (Å²) >= 11 is 0. The Kier molecular flexibility index (Phi) is 3.69. The zero-order valence-corrected chi connectivity index (χ0v) is 7.29. The third kappa shape index (κ3) is 1.79. The molecule has 0 rings (SSSR count). The van der Waals surface area contributed by atoms with Gasteiger partial charge in [-0.1, -0.05) is 6.92 Å². The van der Waals surface area contributed by atoms with Gasteiger partial charge in [0.25, 0.3) is 0 Å². The second kappa shape index (κ2) is 3.83. The fourth-order valence-corrected chi connectivity index (χ4v) is 1.19. The third-order valence-corrected chi connectivity index (χ3v) is 2.41. The van der Waals surface area contributed by atoms with Gasteiger partial charge >= 0.3 is 0 Å². The van der Waals surface area contributed by atoms with Gasteiger partial charge in [0.2, 0.25) is 0 Å². The van der Waals surface area contributed by atoms with Crippen LogP contribution in [0, 0.1) is 5.41 Å². The standard InChI is InChI=1S/C8H16O3/c1-4-8(5-9,6(2)10)7(3)11/h6,9-10H,4-5H2,1-3H3. The topological polar surface area (TPSA) is 57.5 Å². The van der Waals surface area contributed by atoms with Gasteiger partial charge in [0.1, 0.15) is 5.78 Å². The van der Waals surface area contributed by atoms with Gasteiger partial charge in [-0.25, -0.2) is 0 Å². The molecule has 0 aliphatic rings. The maximum absolute atomic E-state index is 11.0. The first-order valence-corrected chi connectivity index (χ1v) is 3.81. The lowest BCUT2D eigenvalue weighted by molar-refractivity contribution is -0.136. The molecule has 0 spiro atoms. The predicted octanol–water partition coefficient (Wildman–Crippen LogP) is 0.345. The SMILES string of the molecule is CCC(CO)(C(C)=O)C(C)O. The second-order valence-electron chi connectivity index (χ2n) is 2.90. The van der Waals surface area contributed by atoms with Crippen molar-refractivity contribution >= 4 is 5.78 Å². The van der Waals surface area contributed by atoms with E-state index in [2.05, 4.69) is 0 Å². The Labute approximate surface area is 67.0 Å². The van der Waals surface area contributed by atoms with Crippen LogP contribution in [0.25, 0.3) is 0 Å². The molecule has 2 atom stereocenters. The fourth-order valence-electron chi connectivity index (χ4n) is 1.19. The van der Waals surface area contributed by atoms with E-state index in [1.807, 2.05) is 0 Å². The largest absolute Gasteiger partial charge is 0.395 e. The molecule has 66 valence electrons. The van der Waals surface area contributed by atoms with Crippen molar-refractivity contribution in [3.63, 3.8) is 0 Å². The number of Topliss-reactive ketones (excluding diaryl/α,β-unsaturated/α-hetero) is 1. The van der Waals surface area contributed by atoms with E-state index in [1.54, 1.807) is 6.92 Å². The summed E-state index contributed by atoms with van der Waals surface area (Å²) in [5.41, 5.74) is -0.944. The smallest absolute Gasteiger partial charge is 0.140 e. The first-order chi connectivity index (χ1) is 5.01. The molecule has 0 aromatic carbocycles. The quantitative estimate of drug-likeness (QED) is 0.623. The van der Waals surface area contributed by atoms with Gasteiger partial charge in [0.15, 0.2) is 0 Å². The highest BCUT2D eigenvalue weighted by Crippen LogP contribution is 2.26. The highest BCUT2D eigenvalue weighted by molar-refractivity contribution is 5.83. The average Bonchev–Trinajstić information content (AvgIpc) is 1.90. The van der Waals surface area contributed by atoms with E-state index in [-0.39, 0.29) is 12.4 Å². The van der Waals surface area contributed by atoms with Gasteiger partial charge in [-0.15, -0.1) is 0 Å². The molecule has 0 aliphatic heterocycles. The summed E-state index contributed by atoms with van der Waals surface area (Å²) in [5.74, 6) is -0.155. The summed E-state index contributed by atoms with van der Waals surface area (Å²) in [6.45, 7) is 4.42. The number of carbonyl (C=O) groups is 1. The molecule has 0 radical (unpaired) electrons. The van der Waals surface area contributed by atoms with Crippen molar-refractivity contribution in [2.45, 2.75) is 33.3 Å². The number of rotatable bonds is 4. The van der Waals surface area contributed by atoms with Crippen LogP contribution < -0.4 is 0 Å². The minimum absolute atomic E-state index is 0.155. The van der Waals surface area contributed by atoms with Gasteiger partial charge in [-0.3, -0.25) is 4.79 Å². The third-order valence-electron chi connectivity index (χ3n) is 2.41. The van der Waals surface area contributed by atoms with Gasteiger partial charge < -0.3 is 10.2 Å². The van der Waals surface area contributed by atoms with Crippen LogP contribution in [0.1, 0.15) is 27.2 Å². The zero-order chi connectivity index (χ0) is 9.07. The van der Waals surface area contributed by atoms with Crippen LogP contribution in [0.3, 0.4) is 0 Å². The maximum atomic E-state index is 11.0. The average molecular weight is 160 g/mol. The fraction of sp³-hybridized carbons (Fsp3) is 0.875. The van der Waals surface area contributed by atoms with E-state index in [4.69, 9.17) is 5.11 Å². The van der Waals surface area contributed by atoms with E-state index in [0.29, 0.717) is 6.42 Å². The number of ketones is 1. The van der Waals surface area contributed by atoms with E-state index < -0.39 is 11.5 Å². The summed E-state index contributed by atoms with van der Waals surface area (Å²) < 4.78 is 0.